The van der Waals surface area contributed by atoms with Crippen LogP contribution in [-0.4, -0.2) is 25.2 Å². The summed E-state index contributed by atoms with van der Waals surface area (Å²) in [4.78, 5) is 6.47. The van der Waals surface area contributed by atoms with Gasteiger partial charge in [0.25, 0.3) is 0 Å². The Balaban J connectivity index is 2.92. The Morgan fingerprint density at radius 1 is 1.50 bits per heavy atom. The number of nitrogens with zero attached hydrogens (tertiary/aromatic N) is 2. The third-order valence-corrected chi connectivity index (χ3v) is 2.79. The summed E-state index contributed by atoms with van der Waals surface area (Å²) in [5, 5.41) is 0. The summed E-state index contributed by atoms with van der Waals surface area (Å²) < 4.78 is 5.11. The predicted octanol–water partition coefficient (Wildman–Crippen LogP) is 2.30. The average molecular weight is 223 g/mol. The Labute approximate surface area is 97.4 Å². The van der Waals surface area contributed by atoms with Gasteiger partial charge in [0.05, 0.1) is 12.8 Å². The maximum Gasteiger partial charge on any atom is 0.215 e. The molecule has 1 unspecified atom stereocenters. The van der Waals surface area contributed by atoms with E-state index in [-0.39, 0.29) is 0 Å². The summed E-state index contributed by atoms with van der Waals surface area (Å²) in [5.41, 5.74) is 6.61. The van der Waals surface area contributed by atoms with Crippen molar-refractivity contribution in [3.05, 3.63) is 12.1 Å². The molecule has 1 atom stereocenters. The van der Waals surface area contributed by atoms with E-state index < -0.39 is 0 Å². The molecule has 0 radical (unpaired) electrons. The SMILES string of the molecule is CCCC(C)N(C)c1nc(OC)ccc1N. The summed E-state index contributed by atoms with van der Waals surface area (Å²) in [6, 6.07) is 4.03. The third kappa shape index (κ3) is 2.78. The topological polar surface area (TPSA) is 51.4 Å². The molecule has 1 aromatic rings. The fourth-order valence-electron chi connectivity index (χ4n) is 1.66. The molecule has 0 fully saturated rings. The number of nitrogens with two attached hydrogens (primary N) is 1. The van der Waals surface area contributed by atoms with Gasteiger partial charge in [-0.1, -0.05) is 13.3 Å². The van der Waals surface area contributed by atoms with E-state index in [1.807, 2.05) is 13.1 Å². The Bertz CT molecular complexity index is 341. The van der Waals surface area contributed by atoms with Crippen molar-refractivity contribution in [2.75, 3.05) is 24.8 Å². The molecule has 0 saturated heterocycles. The lowest BCUT2D eigenvalue weighted by Gasteiger charge is -2.26. The first-order chi connectivity index (χ1) is 7.60. The highest BCUT2D eigenvalue weighted by atomic mass is 16.5. The van der Waals surface area contributed by atoms with E-state index in [9.17, 15) is 0 Å². The van der Waals surface area contributed by atoms with Crippen LogP contribution in [-0.2, 0) is 0 Å². The minimum atomic E-state index is 0.423. The van der Waals surface area contributed by atoms with Gasteiger partial charge in [0.15, 0.2) is 5.82 Å². The van der Waals surface area contributed by atoms with Gasteiger partial charge in [-0.3, -0.25) is 0 Å². The third-order valence-electron chi connectivity index (χ3n) is 2.79. The molecule has 4 nitrogen and oxygen atoms in total. The molecule has 90 valence electrons. The molecule has 0 spiro atoms. The molecule has 0 aromatic carbocycles. The van der Waals surface area contributed by atoms with Crippen molar-refractivity contribution in [1.82, 2.24) is 4.98 Å². The van der Waals surface area contributed by atoms with Crippen molar-refractivity contribution in [2.45, 2.75) is 32.7 Å². The number of hydrogen-bond acceptors (Lipinski definition) is 4. The summed E-state index contributed by atoms with van der Waals surface area (Å²) in [7, 11) is 3.62. The Morgan fingerprint density at radius 2 is 2.19 bits per heavy atom. The maximum atomic E-state index is 5.92. The van der Waals surface area contributed by atoms with Crippen LogP contribution < -0.4 is 15.4 Å². The first-order valence-corrected chi connectivity index (χ1v) is 5.63. The molecular weight excluding hydrogens is 202 g/mol. The van der Waals surface area contributed by atoms with Crippen LogP contribution in [0.2, 0.25) is 0 Å². The monoisotopic (exact) mass is 223 g/mol. The van der Waals surface area contributed by atoms with Crippen molar-refractivity contribution in [1.29, 1.82) is 0 Å². The standard InChI is InChI=1S/C12H21N3O/c1-5-6-9(2)15(3)12-10(13)7-8-11(14-12)16-4/h7-9H,5-6,13H2,1-4H3. The highest BCUT2D eigenvalue weighted by Crippen LogP contribution is 2.25. The smallest absolute Gasteiger partial charge is 0.215 e. The largest absolute Gasteiger partial charge is 0.481 e. The van der Waals surface area contributed by atoms with Gasteiger partial charge in [-0.25, -0.2) is 0 Å². The molecule has 2 N–H and O–H groups in total. The number of aromatic nitrogens is 1. The number of hydrogen-bond donors (Lipinski definition) is 1. The van der Waals surface area contributed by atoms with Gasteiger partial charge < -0.3 is 15.4 Å². The minimum absolute atomic E-state index is 0.423. The zero-order valence-electron chi connectivity index (χ0n) is 10.5. The quantitative estimate of drug-likeness (QED) is 0.832. The van der Waals surface area contributed by atoms with Crippen LogP contribution in [0.1, 0.15) is 26.7 Å². The molecular formula is C12H21N3O. The van der Waals surface area contributed by atoms with Gasteiger partial charge in [-0.05, 0) is 19.4 Å². The zero-order valence-corrected chi connectivity index (χ0v) is 10.5. The highest BCUT2D eigenvalue weighted by Gasteiger charge is 2.14. The Morgan fingerprint density at radius 3 is 2.75 bits per heavy atom. The fraction of sp³-hybridized carbons (Fsp3) is 0.583. The molecule has 0 aliphatic rings. The van der Waals surface area contributed by atoms with E-state index >= 15 is 0 Å². The molecule has 16 heavy (non-hydrogen) atoms. The molecule has 4 heteroatoms. The average Bonchev–Trinajstić information content (AvgIpc) is 2.29. The summed E-state index contributed by atoms with van der Waals surface area (Å²) in [5.74, 6) is 1.39. The maximum absolute atomic E-state index is 5.92. The normalized spacial score (nSPS) is 12.2. The van der Waals surface area contributed by atoms with E-state index in [2.05, 4.69) is 23.7 Å². The van der Waals surface area contributed by atoms with Crippen molar-refractivity contribution in [3.63, 3.8) is 0 Å². The fourth-order valence-corrected chi connectivity index (χ4v) is 1.66. The van der Waals surface area contributed by atoms with Crippen LogP contribution in [0, 0.1) is 0 Å². The minimum Gasteiger partial charge on any atom is -0.481 e. The number of nitrogen functional groups attached to an aromatic ring is 1. The van der Waals surface area contributed by atoms with E-state index in [0.717, 1.165) is 18.7 Å². The molecule has 0 bridgehead atoms. The van der Waals surface area contributed by atoms with Gasteiger partial charge in [0.1, 0.15) is 0 Å². The molecule has 1 aromatic heterocycles. The second-order valence-electron chi connectivity index (χ2n) is 4.02. The second kappa shape index (κ2) is 5.58. The first-order valence-electron chi connectivity index (χ1n) is 5.63. The number of anilines is 2. The molecule has 0 saturated carbocycles. The Kier molecular flexibility index (Phi) is 4.40. The van der Waals surface area contributed by atoms with Gasteiger partial charge in [0, 0.05) is 19.2 Å². The van der Waals surface area contributed by atoms with Crippen LogP contribution in [0.5, 0.6) is 5.88 Å². The molecule has 0 amide bonds. The van der Waals surface area contributed by atoms with Crippen molar-refractivity contribution >= 4 is 11.5 Å². The lowest BCUT2D eigenvalue weighted by Crippen LogP contribution is -2.30. The molecule has 1 rings (SSSR count). The first kappa shape index (κ1) is 12.6. The summed E-state index contributed by atoms with van der Waals surface area (Å²) in [6.07, 6.45) is 2.27. The molecule has 0 aliphatic heterocycles. The van der Waals surface area contributed by atoms with Crippen molar-refractivity contribution in [3.8, 4) is 5.88 Å². The van der Waals surface area contributed by atoms with Gasteiger partial charge in [-0.15, -0.1) is 0 Å². The van der Waals surface area contributed by atoms with Gasteiger partial charge in [0.2, 0.25) is 5.88 Å². The van der Waals surface area contributed by atoms with Gasteiger partial charge in [-0.2, -0.15) is 4.98 Å². The van der Waals surface area contributed by atoms with Crippen molar-refractivity contribution < 1.29 is 4.74 Å². The number of methoxy groups -OCH3 is 1. The van der Waals surface area contributed by atoms with Crippen LogP contribution >= 0.6 is 0 Å². The summed E-state index contributed by atoms with van der Waals surface area (Å²) in [6.45, 7) is 4.34. The summed E-state index contributed by atoms with van der Waals surface area (Å²) >= 11 is 0. The Hall–Kier alpha value is -1.45. The van der Waals surface area contributed by atoms with E-state index in [0.29, 0.717) is 17.6 Å². The predicted molar refractivity (Wildman–Crippen MR) is 68.0 cm³/mol. The van der Waals surface area contributed by atoms with E-state index in [1.54, 1.807) is 13.2 Å². The van der Waals surface area contributed by atoms with Crippen LogP contribution in [0.4, 0.5) is 11.5 Å². The number of ether oxygens (including phenoxy) is 1. The van der Waals surface area contributed by atoms with Crippen LogP contribution in [0.3, 0.4) is 0 Å². The lowest BCUT2D eigenvalue weighted by atomic mass is 10.1. The highest BCUT2D eigenvalue weighted by molar-refractivity contribution is 5.63. The van der Waals surface area contributed by atoms with Gasteiger partial charge >= 0.3 is 0 Å². The zero-order chi connectivity index (χ0) is 12.1. The molecule has 0 aliphatic carbocycles. The number of rotatable bonds is 5. The lowest BCUT2D eigenvalue weighted by molar-refractivity contribution is 0.397. The molecule has 1 heterocycles. The van der Waals surface area contributed by atoms with E-state index in [4.69, 9.17) is 10.5 Å². The second-order valence-corrected chi connectivity index (χ2v) is 4.02. The van der Waals surface area contributed by atoms with Crippen LogP contribution in [0.25, 0.3) is 0 Å². The number of pyridine rings is 1. The van der Waals surface area contributed by atoms with Crippen LogP contribution in [0.15, 0.2) is 12.1 Å². The van der Waals surface area contributed by atoms with E-state index in [1.165, 1.54) is 0 Å². The van der Waals surface area contributed by atoms with Crippen molar-refractivity contribution in [2.24, 2.45) is 0 Å².